The number of carbonyl (C=O) groups is 2. The Morgan fingerprint density at radius 3 is 2.19 bits per heavy atom. The molecule has 27 heavy (non-hydrogen) atoms. The maximum Gasteiger partial charge on any atom is 0.257 e. The number of carbonyl (C=O) groups excluding carboxylic acids is 2. The Morgan fingerprint density at radius 2 is 1.59 bits per heavy atom. The summed E-state index contributed by atoms with van der Waals surface area (Å²) in [6.45, 7) is 2.30. The number of benzene rings is 1. The van der Waals surface area contributed by atoms with Crippen molar-refractivity contribution >= 4 is 11.8 Å². The van der Waals surface area contributed by atoms with Crippen molar-refractivity contribution in [2.75, 3.05) is 26.2 Å². The lowest BCUT2D eigenvalue weighted by Gasteiger charge is -2.22. The van der Waals surface area contributed by atoms with E-state index in [0.29, 0.717) is 37.3 Å². The fraction of sp³-hybridized carbons (Fsp3) is 0.250. The van der Waals surface area contributed by atoms with E-state index in [4.69, 9.17) is 4.42 Å². The molecule has 138 valence electrons. The van der Waals surface area contributed by atoms with Gasteiger partial charge in [-0.1, -0.05) is 12.1 Å². The van der Waals surface area contributed by atoms with Crippen LogP contribution in [-0.4, -0.2) is 58.0 Å². The highest BCUT2D eigenvalue weighted by Gasteiger charge is 2.24. The molecule has 2 aromatic heterocycles. The van der Waals surface area contributed by atoms with Crippen LogP contribution in [0, 0.1) is 0 Å². The first kappa shape index (κ1) is 17.1. The molecule has 0 aliphatic carbocycles. The zero-order valence-corrected chi connectivity index (χ0v) is 14.8. The highest BCUT2D eigenvalue weighted by molar-refractivity contribution is 5.95. The number of H-pyrrole nitrogens is 1. The third-order valence-electron chi connectivity index (χ3n) is 4.78. The van der Waals surface area contributed by atoms with Gasteiger partial charge in [0.15, 0.2) is 0 Å². The number of amides is 2. The molecule has 7 heteroatoms. The van der Waals surface area contributed by atoms with Gasteiger partial charge < -0.3 is 14.2 Å². The van der Waals surface area contributed by atoms with Gasteiger partial charge in [-0.2, -0.15) is 5.10 Å². The van der Waals surface area contributed by atoms with Gasteiger partial charge in [-0.25, -0.2) is 0 Å². The second-order valence-electron chi connectivity index (χ2n) is 6.50. The summed E-state index contributed by atoms with van der Waals surface area (Å²) in [5.74, 6) is -0.0641. The van der Waals surface area contributed by atoms with Gasteiger partial charge in [0.25, 0.3) is 11.8 Å². The quantitative estimate of drug-likeness (QED) is 0.775. The van der Waals surface area contributed by atoms with Crippen LogP contribution in [0.15, 0.2) is 59.5 Å². The monoisotopic (exact) mass is 364 g/mol. The van der Waals surface area contributed by atoms with Crippen molar-refractivity contribution in [3.05, 3.63) is 66.2 Å². The predicted octanol–water partition coefficient (Wildman–Crippen LogP) is 2.66. The summed E-state index contributed by atoms with van der Waals surface area (Å²) in [4.78, 5) is 28.9. The predicted molar refractivity (Wildman–Crippen MR) is 99.2 cm³/mol. The Balaban J connectivity index is 1.41. The number of aromatic amines is 1. The SMILES string of the molecule is O=C(c1ccc(-c2ccn[nH]2)cc1)N1CCCN(C(=O)c2ccoc2)CC1. The number of hydrogen-bond acceptors (Lipinski definition) is 4. The molecule has 1 aromatic carbocycles. The summed E-state index contributed by atoms with van der Waals surface area (Å²) in [6, 6.07) is 11.0. The zero-order valence-electron chi connectivity index (χ0n) is 14.8. The second kappa shape index (κ2) is 7.49. The average Bonchev–Trinajstić information content (AvgIpc) is 3.38. The van der Waals surface area contributed by atoms with Gasteiger partial charge in [0.05, 0.1) is 17.5 Å². The Labute approximate surface area is 156 Å². The van der Waals surface area contributed by atoms with Gasteiger partial charge in [-0.05, 0) is 36.2 Å². The Morgan fingerprint density at radius 1 is 0.889 bits per heavy atom. The number of rotatable bonds is 3. The number of nitrogens with zero attached hydrogens (tertiary/aromatic N) is 3. The molecule has 0 bridgehead atoms. The first-order valence-corrected chi connectivity index (χ1v) is 8.93. The molecule has 4 rings (SSSR count). The van der Waals surface area contributed by atoms with Crippen LogP contribution < -0.4 is 0 Å². The summed E-state index contributed by atoms with van der Waals surface area (Å²) < 4.78 is 4.99. The molecular formula is C20H20N4O3. The lowest BCUT2D eigenvalue weighted by Crippen LogP contribution is -2.37. The zero-order chi connectivity index (χ0) is 18.6. The fourth-order valence-electron chi connectivity index (χ4n) is 3.28. The molecular weight excluding hydrogens is 344 g/mol. The third kappa shape index (κ3) is 3.62. The van der Waals surface area contributed by atoms with Crippen LogP contribution in [0.2, 0.25) is 0 Å². The van der Waals surface area contributed by atoms with E-state index in [2.05, 4.69) is 10.2 Å². The molecule has 3 aromatic rings. The van der Waals surface area contributed by atoms with Gasteiger partial charge in [-0.3, -0.25) is 14.7 Å². The second-order valence-corrected chi connectivity index (χ2v) is 6.50. The van der Waals surface area contributed by atoms with Gasteiger partial charge in [0, 0.05) is 37.9 Å². The fourth-order valence-corrected chi connectivity index (χ4v) is 3.28. The molecule has 0 radical (unpaired) electrons. The summed E-state index contributed by atoms with van der Waals surface area (Å²) in [5, 5.41) is 6.85. The summed E-state index contributed by atoms with van der Waals surface area (Å²) in [7, 11) is 0. The molecule has 3 heterocycles. The maximum absolute atomic E-state index is 12.8. The minimum absolute atomic E-state index is 0.0104. The van der Waals surface area contributed by atoms with Gasteiger partial charge in [-0.15, -0.1) is 0 Å². The highest BCUT2D eigenvalue weighted by Crippen LogP contribution is 2.18. The van der Waals surface area contributed by atoms with Crippen molar-refractivity contribution in [2.45, 2.75) is 6.42 Å². The highest BCUT2D eigenvalue weighted by atomic mass is 16.3. The van der Waals surface area contributed by atoms with Crippen molar-refractivity contribution < 1.29 is 14.0 Å². The summed E-state index contributed by atoms with van der Waals surface area (Å²) in [6.07, 6.45) is 5.40. The molecule has 1 aliphatic heterocycles. The van der Waals surface area contributed by atoms with Crippen molar-refractivity contribution in [3.8, 4) is 11.3 Å². The lowest BCUT2D eigenvalue weighted by molar-refractivity contribution is 0.0718. The van der Waals surface area contributed by atoms with Crippen LogP contribution in [0.4, 0.5) is 0 Å². The molecule has 2 amide bonds. The molecule has 7 nitrogen and oxygen atoms in total. The van der Waals surface area contributed by atoms with Gasteiger partial charge in [0.2, 0.25) is 0 Å². The molecule has 0 unspecified atom stereocenters. The normalized spacial score (nSPS) is 14.8. The van der Waals surface area contributed by atoms with Crippen LogP contribution in [0.5, 0.6) is 0 Å². The molecule has 1 N–H and O–H groups in total. The van der Waals surface area contributed by atoms with Crippen molar-refractivity contribution in [2.24, 2.45) is 0 Å². The minimum Gasteiger partial charge on any atom is -0.472 e. The number of furan rings is 1. The number of nitrogens with one attached hydrogen (secondary N) is 1. The Hall–Kier alpha value is -3.35. The van der Waals surface area contributed by atoms with Gasteiger partial charge >= 0.3 is 0 Å². The lowest BCUT2D eigenvalue weighted by atomic mass is 10.1. The van der Waals surface area contributed by atoms with E-state index in [-0.39, 0.29) is 11.8 Å². The van der Waals surface area contributed by atoms with E-state index >= 15 is 0 Å². The van der Waals surface area contributed by atoms with Crippen LogP contribution >= 0.6 is 0 Å². The first-order chi connectivity index (χ1) is 13.2. The largest absolute Gasteiger partial charge is 0.472 e. The van der Waals surface area contributed by atoms with Crippen molar-refractivity contribution in [3.63, 3.8) is 0 Å². The standard InChI is InChI=1S/C20H20N4O3/c25-19(16-4-2-15(3-5-16)18-6-8-21-22-18)23-9-1-10-24(12-11-23)20(26)17-7-13-27-14-17/h2-8,13-14H,1,9-12H2,(H,21,22). The first-order valence-electron chi connectivity index (χ1n) is 8.93. The molecule has 0 spiro atoms. The van der Waals surface area contributed by atoms with Crippen LogP contribution in [0.3, 0.4) is 0 Å². The van der Waals surface area contributed by atoms with Crippen LogP contribution in [-0.2, 0) is 0 Å². The van der Waals surface area contributed by atoms with E-state index in [0.717, 1.165) is 17.7 Å². The minimum atomic E-state index is -0.0537. The Kier molecular flexibility index (Phi) is 4.74. The van der Waals surface area contributed by atoms with E-state index in [1.807, 2.05) is 35.2 Å². The number of hydrogen-bond donors (Lipinski definition) is 1. The molecule has 1 aliphatic rings. The van der Waals surface area contributed by atoms with E-state index in [1.165, 1.54) is 12.5 Å². The third-order valence-corrected chi connectivity index (χ3v) is 4.78. The van der Waals surface area contributed by atoms with Crippen LogP contribution in [0.1, 0.15) is 27.1 Å². The smallest absolute Gasteiger partial charge is 0.257 e. The molecule has 1 saturated heterocycles. The van der Waals surface area contributed by atoms with Crippen molar-refractivity contribution in [1.29, 1.82) is 0 Å². The molecule has 0 saturated carbocycles. The average molecular weight is 364 g/mol. The Bertz CT molecular complexity index is 901. The van der Waals surface area contributed by atoms with E-state index in [9.17, 15) is 9.59 Å². The molecule has 1 fully saturated rings. The maximum atomic E-state index is 12.8. The van der Waals surface area contributed by atoms with Crippen molar-refractivity contribution in [1.82, 2.24) is 20.0 Å². The summed E-state index contributed by atoms with van der Waals surface area (Å²) >= 11 is 0. The number of aromatic nitrogens is 2. The van der Waals surface area contributed by atoms with E-state index in [1.54, 1.807) is 17.2 Å². The van der Waals surface area contributed by atoms with Gasteiger partial charge in [0.1, 0.15) is 6.26 Å². The summed E-state index contributed by atoms with van der Waals surface area (Å²) in [5.41, 5.74) is 3.09. The van der Waals surface area contributed by atoms with Crippen LogP contribution in [0.25, 0.3) is 11.3 Å². The molecule has 0 atom stereocenters. The van der Waals surface area contributed by atoms with E-state index < -0.39 is 0 Å². The topological polar surface area (TPSA) is 82.4 Å².